The van der Waals surface area contributed by atoms with E-state index in [4.69, 9.17) is 0 Å². The molecule has 0 unspecified atom stereocenters. The minimum atomic E-state index is -0.174. The zero-order valence-electron chi connectivity index (χ0n) is 14.6. The van der Waals surface area contributed by atoms with E-state index in [1.54, 1.807) is 4.90 Å². The highest BCUT2D eigenvalue weighted by molar-refractivity contribution is 5.97. The van der Waals surface area contributed by atoms with Crippen LogP contribution in [0.2, 0.25) is 0 Å². The van der Waals surface area contributed by atoms with Crippen molar-refractivity contribution in [1.29, 1.82) is 0 Å². The zero-order chi connectivity index (χ0) is 17.1. The average Bonchev–Trinajstić information content (AvgIpc) is 3.01. The van der Waals surface area contributed by atoms with Gasteiger partial charge in [-0.1, -0.05) is 34.6 Å². The van der Waals surface area contributed by atoms with Gasteiger partial charge in [-0.15, -0.1) is 0 Å². The third-order valence-corrected chi connectivity index (χ3v) is 4.76. The van der Waals surface area contributed by atoms with E-state index in [0.29, 0.717) is 29.4 Å². The van der Waals surface area contributed by atoms with Crippen molar-refractivity contribution in [3.63, 3.8) is 0 Å². The summed E-state index contributed by atoms with van der Waals surface area (Å²) in [6.07, 6.45) is 0. The molecule has 2 aromatic rings. The lowest BCUT2D eigenvalue weighted by atomic mass is 9.93. The Morgan fingerprint density at radius 3 is 2.43 bits per heavy atom. The molecule has 1 aliphatic rings. The van der Waals surface area contributed by atoms with Gasteiger partial charge >= 0.3 is 0 Å². The number of nitrogens with zero attached hydrogens (tertiary/aromatic N) is 3. The highest BCUT2D eigenvalue weighted by Crippen LogP contribution is 2.26. The van der Waals surface area contributed by atoms with Gasteiger partial charge in [0.2, 0.25) is 0 Å². The second kappa shape index (κ2) is 4.94. The molecule has 6 heteroatoms. The summed E-state index contributed by atoms with van der Waals surface area (Å²) in [6, 6.07) is 1.92. The standard InChI is InChI=1S/C17H24N4O2/c1-9(2)10(3)20-8-11-14(16(20)23)18-13-7-12(17(4,5)6)19-21(13)15(11)22/h7,9-10,19H,8H2,1-6H3/t10-/m0/s1. The number of carbonyl (C=O) groups excluding carboxylic acids is 1. The topological polar surface area (TPSA) is 70.5 Å². The van der Waals surface area contributed by atoms with E-state index in [9.17, 15) is 9.59 Å². The van der Waals surface area contributed by atoms with Crippen LogP contribution in [0.3, 0.4) is 0 Å². The lowest BCUT2D eigenvalue weighted by Crippen LogP contribution is -2.37. The summed E-state index contributed by atoms with van der Waals surface area (Å²) in [4.78, 5) is 31.6. The molecule has 1 aliphatic heterocycles. The van der Waals surface area contributed by atoms with Crippen LogP contribution in [0.4, 0.5) is 0 Å². The number of hydrogen-bond donors (Lipinski definition) is 1. The lowest BCUT2D eigenvalue weighted by molar-refractivity contribution is 0.0669. The Bertz CT molecular complexity index is 839. The van der Waals surface area contributed by atoms with E-state index in [1.165, 1.54) is 4.52 Å². The molecule has 0 radical (unpaired) electrons. The number of amides is 1. The summed E-state index contributed by atoms with van der Waals surface area (Å²) in [5, 5.41) is 3.13. The smallest absolute Gasteiger partial charge is 0.278 e. The number of nitrogens with one attached hydrogen (secondary N) is 1. The fraction of sp³-hybridized carbons (Fsp3) is 0.588. The van der Waals surface area contributed by atoms with Gasteiger partial charge in [-0.3, -0.25) is 14.7 Å². The predicted molar refractivity (Wildman–Crippen MR) is 88.7 cm³/mol. The van der Waals surface area contributed by atoms with Gasteiger partial charge in [0, 0.05) is 23.2 Å². The van der Waals surface area contributed by atoms with Crippen molar-refractivity contribution in [3.05, 3.63) is 33.4 Å². The van der Waals surface area contributed by atoms with Crippen molar-refractivity contribution < 1.29 is 4.79 Å². The lowest BCUT2D eigenvalue weighted by Gasteiger charge is -2.26. The largest absolute Gasteiger partial charge is 0.330 e. The van der Waals surface area contributed by atoms with E-state index >= 15 is 0 Å². The van der Waals surface area contributed by atoms with Gasteiger partial charge in [-0.2, -0.15) is 0 Å². The minimum Gasteiger partial charge on any atom is -0.330 e. The van der Waals surface area contributed by atoms with Crippen LogP contribution in [0, 0.1) is 5.92 Å². The van der Waals surface area contributed by atoms with E-state index in [1.807, 2.05) is 13.0 Å². The predicted octanol–water partition coefficient (Wildman–Crippen LogP) is 2.32. The number of fused-ring (bicyclic) bond motifs is 2. The average molecular weight is 316 g/mol. The van der Waals surface area contributed by atoms with Crippen LogP contribution in [-0.2, 0) is 12.0 Å². The molecule has 0 saturated heterocycles. The van der Waals surface area contributed by atoms with Crippen molar-refractivity contribution in [1.82, 2.24) is 19.5 Å². The molecule has 0 bridgehead atoms. The van der Waals surface area contributed by atoms with E-state index in [0.717, 1.165) is 5.69 Å². The normalized spacial score (nSPS) is 16.5. The molecule has 0 aromatic carbocycles. The molecule has 0 saturated carbocycles. The molecule has 23 heavy (non-hydrogen) atoms. The van der Waals surface area contributed by atoms with Crippen LogP contribution in [0.5, 0.6) is 0 Å². The van der Waals surface area contributed by atoms with Crippen LogP contribution >= 0.6 is 0 Å². The Hall–Kier alpha value is -2.11. The van der Waals surface area contributed by atoms with Crippen LogP contribution in [0.25, 0.3) is 5.65 Å². The van der Waals surface area contributed by atoms with Crippen molar-refractivity contribution in [2.45, 2.75) is 59.5 Å². The van der Waals surface area contributed by atoms with Crippen molar-refractivity contribution >= 4 is 11.6 Å². The zero-order valence-corrected chi connectivity index (χ0v) is 14.6. The summed E-state index contributed by atoms with van der Waals surface area (Å²) >= 11 is 0. The van der Waals surface area contributed by atoms with Gasteiger partial charge < -0.3 is 4.90 Å². The summed E-state index contributed by atoms with van der Waals surface area (Å²) < 4.78 is 1.45. The molecular formula is C17H24N4O2. The first-order valence-corrected chi connectivity index (χ1v) is 8.07. The first-order valence-electron chi connectivity index (χ1n) is 8.07. The van der Waals surface area contributed by atoms with Crippen molar-refractivity contribution in [3.8, 4) is 0 Å². The second-order valence-electron chi connectivity index (χ2n) is 7.78. The van der Waals surface area contributed by atoms with E-state index < -0.39 is 0 Å². The molecule has 1 N–H and O–H groups in total. The third kappa shape index (κ3) is 2.36. The quantitative estimate of drug-likeness (QED) is 0.924. The monoisotopic (exact) mass is 316 g/mol. The maximum absolute atomic E-state index is 12.8. The minimum absolute atomic E-state index is 0.0737. The molecule has 3 rings (SSSR count). The number of hydrogen-bond acceptors (Lipinski definition) is 3. The third-order valence-electron chi connectivity index (χ3n) is 4.76. The number of H-pyrrole nitrogens is 1. The van der Waals surface area contributed by atoms with Crippen molar-refractivity contribution in [2.24, 2.45) is 5.92 Å². The fourth-order valence-corrected chi connectivity index (χ4v) is 2.83. The summed E-state index contributed by atoms with van der Waals surface area (Å²) in [5.41, 5.74) is 1.93. The first-order chi connectivity index (χ1) is 10.6. The number of aromatic nitrogens is 3. The van der Waals surface area contributed by atoms with Gasteiger partial charge in [0.15, 0.2) is 5.65 Å². The SMILES string of the molecule is CC(C)[C@H](C)N1Cc2c(nc3cc(C(C)(C)C)[nH]n3c2=O)C1=O. The Kier molecular flexibility index (Phi) is 3.39. The van der Waals surface area contributed by atoms with Crippen LogP contribution in [0.15, 0.2) is 10.9 Å². The Balaban J connectivity index is 2.13. The van der Waals surface area contributed by atoms with Gasteiger partial charge in [0.05, 0.1) is 12.1 Å². The highest BCUT2D eigenvalue weighted by atomic mass is 16.2. The molecule has 6 nitrogen and oxygen atoms in total. The highest BCUT2D eigenvalue weighted by Gasteiger charge is 2.36. The molecule has 2 aromatic heterocycles. The number of rotatable bonds is 2. The van der Waals surface area contributed by atoms with Crippen LogP contribution < -0.4 is 5.56 Å². The second-order valence-corrected chi connectivity index (χ2v) is 7.78. The Morgan fingerprint density at radius 1 is 1.22 bits per heavy atom. The van der Waals surface area contributed by atoms with Gasteiger partial charge in [-0.25, -0.2) is 9.50 Å². The van der Waals surface area contributed by atoms with Crippen LogP contribution in [-0.4, -0.2) is 31.4 Å². The molecule has 1 amide bonds. The first kappa shape index (κ1) is 15.8. The molecule has 0 spiro atoms. The number of carbonyl (C=O) groups is 1. The summed E-state index contributed by atoms with van der Waals surface area (Å²) in [5.74, 6) is 0.188. The van der Waals surface area contributed by atoms with Gasteiger partial charge in [0.1, 0.15) is 5.69 Å². The summed E-state index contributed by atoms with van der Waals surface area (Å²) in [6.45, 7) is 12.7. The Labute approximate surface area is 135 Å². The van der Waals surface area contributed by atoms with Crippen LogP contribution in [0.1, 0.15) is 63.3 Å². The maximum Gasteiger partial charge on any atom is 0.278 e. The van der Waals surface area contributed by atoms with Gasteiger partial charge in [0.25, 0.3) is 11.5 Å². The summed E-state index contributed by atoms with van der Waals surface area (Å²) in [7, 11) is 0. The van der Waals surface area contributed by atoms with Crippen molar-refractivity contribution in [2.75, 3.05) is 0 Å². The van der Waals surface area contributed by atoms with E-state index in [2.05, 4.69) is 44.7 Å². The molecule has 0 aliphatic carbocycles. The molecule has 1 atom stereocenters. The Morgan fingerprint density at radius 2 is 1.87 bits per heavy atom. The van der Waals surface area contributed by atoms with E-state index in [-0.39, 0.29) is 22.9 Å². The fourth-order valence-electron chi connectivity index (χ4n) is 2.83. The maximum atomic E-state index is 12.8. The molecular weight excluding hydrogens is 292 g/mol. The van der Waals surface area contributed by atoms with Gasteiger partial charge in [-0.05, 0) is 12.8 Å². The molecule has 3 heterocycles. The molecule has 0 fully saturated rings. The number of aromatic amines is 1. The molecule has 124 valence electrons.